The van der Waals surface area contributed by atoms with E-state index in [2.05, 4.69) is 0 Å². The minimum Gasteiger partial charge on any atom is -1.00 e. The van der Waals surface area contributed by atoms with Crippen molar-refractivity contribution in [2.75, 3.05) is 0 Å². The molecule has 0 unspecified atom stereocenters. The Hall–Kier alpha value is 0.318. The Morgan fingerprint density at radius 3 is 1.50 bits per heavy atom. The maximum Gasteiger partial charge on any atom is 2.00 e. The van der Waals surface area contributed by atoms with E-state index in [-0.39, 0.29) is 30.3 Å². The molecule has 0 amide bonds. The first-order chi connectivity index (χ1) is 1.73. The summed E-state index contributed by atoms with van der Waals surface area (Å²) in [5, 5.41) is 0. The van der Waals surface area contributed by atoms with Crippen LogP contribution in [0, 0.1) is 0 Å². The van der Waals surface area contributed by atoms with Crippen molar-refractivity contribution in [3.05, 3.63) is 0 Å². The van der Waals surface area contributed by atoms with Gasteiger partial charge in [-0.2, -0.15) is 0 Å². The van der Waals surface area contributed by atoms with Crippen LogP contribution in [0.25, 0.3) is 0 Å². The zero-order chi connectivity index (χ0) is 3.58. The van der Waals surface area contributed by atoms with Crippen LogP contribution >= 0.6 is 0 Å². The van der Waals surface area contributed by atoms with E-state index in [0.29, 0.717) is 0 Å². The smallest absolute Gasteiger partial charge is 1.00 e. The Morgan fingerprint density at radius 1 is 1.50 bits per heavy atom. The minimum absolute atomic E-state index is 0. The van der Waals surface area contributed by atoms with Gasteiger partial charge in [0.2, 0.25) is 0 Å². The Morgan fingerprint density at radius 2 is 1.50 bits per heavy atom. The predicted octanol–water partition coefficient (Wildman–Crippen LogP) is -2.95. The molecule has 0 aromatic carbocycles. The van der Waals surface area contributed by atoms with E-state index in [1.165, 1.54) is 0 Å². The largest absolute Gasteiger partial charge is 2.00 e. The summed E-state index contributed by atoms with van der Waals surface area (Å²) < 4.78 is 8.74. The molecule has 0 aliphatic rings. The molecule has 0 aliphatic heterocycles. The van der Waals surface area contributed by atoms with Crippen molar-refractivity contribution in [3.8, 4) is 0 Å². The summed E-state index contributed by atoms with van der Waals surface area (Å²) in [6.45, 7) is 0. The summed E-state index contributed by atoms with van der Waals surface area (Å²) in [5.74, 6) is 0. The third kappa shape index (κ3) is 470. The van der Waals surface area contributed by atoms with Gasteiger partial charge in [0.15, 0.2) is 17.4 Å². The Balaban J connectivity index is -0.00000000750. The van der Waals surface area contributed by atoms with Gasteiger partial charge >= 0.3 is 19.3 Å². The molecule has 0 aliphatic carbocycles. The van der Waals surface area contributed by atoms with Gasteiger partial charge < -0.3 is 12.4 Å². The average Bonchev–Trinajstić information content (AvgIpc) is 0.811. The fourth-order valence-electron chi connectivity index (χ4n) is 0. The van der Waals surface area contributed by atoms with E-state index in [9.17, 15) is 0 Å². The zero-order valence-electron chi connectivity index (χ0n) is 4.51. The van der Waals surface area contributed by atoms with Gasteiger partial charge in [0.25, 0.3) is 0 Å². The summed E-state index contributed by atoms with van der Waals surface area (Å²) in [6, 6.07) is 0. The number of rotatable bonds is 0. The SMILES string of the molecule is O=[Si](O)O.[AlH3].[Be+2].[H-].[H-]. The van der Waals surface area contributed by atoms with Gasteiger partial charge in [0, 0.05) is 0 Å². The average molecular weight is 119 g/mol. The van der Waals surface area contributed by atoms with E-state index >= 15 is 0 Å². The van der Waals surface area contributed by atoms with Crippen molar-refractivity contribution in [2.45, 2.75) is 0 Å². The van der Waals surface area contributed by atoms with E-state index in [4.69, 9.17) is 14.1 Å². The Labute approximate surface area is 54.2 Å². The molecule has 0 bridgehead atoms. The Bertz CT molecular complexity index is 40.3. The molecular weight excluding hydrogens is 112 g/mol. The first kappa shape index (κ1) is 16.2. The molecule has 0 aromatic rings. The summed E-state index contributed by atoms with van der Waals surface area (Å²) >= 11 is 0. The standard InChI is InChI=1S/Al.Be.H2O3Si.5H/c;;1-4(2)3;;;;;/h;;1-2H;;;;;/q;+2;;;;;2*-1. The van der Waals surface area contributed by atoms with Crippen LogP contribution in [-0.4, -0.2) is 46.2 Å². The molecular formula is H7AlBeO3Si. The fraction of sp³-hybridized carbons (Fsp3) is 0. The molecule has 6 heavy (non-hydrogen) atoms. The summed E-state index contributed by atoms with van der Waals surface area (Å²) in [7, 11) is -3.13. The van der Waals surface area contributed by atoms with Gasteiger partial charge in [0.1, 0.15) is 0 Å². The van der Waals surface area contributed by atoms with E-state index in [1.807, 2.05) is 0 Å². The number of hydrogen-bond acceptors (Lipinski definition) is 1. The second-order valence-corrected chi connectivity index (χ2v) is 0.848. The van der Waals surface area contributed by atoms with Gasteiger partial charge in [-0.1, -0.05) is 0 Å². The van der Waals surface area contributed by atoms with Crippen LogP contribution in [0.4, 0.5) is 0 Å². The molecule has 0 rings (SSSR count). The van der Waals surface area contributed by atoms with Crippen LogP contribution in [0.15, 0.2) is 0 Å². The fourth-order valence-corrected chi connectivity index (χ4v) is 0. The van der Waals surface area contributed by atoms with Crippen molar-refractivity contribution < 1.29 is 16.9 Å². The molecule has 0 fully saturated rings. The maximum atomic E-state index is 8.74. The molecule has 3 nitrogen and oxygen atoms in total. The molecule has 34 valence electrons. The third-order valence-corrected chi connectivity index (χ3v) is 0. The van der Waals surface area contributed by atoms with Gasteiger partial charge in [-0.15, -0.1) is 0 Å². The van der Waals surface area contributed by atoms with Crippen molar-refractivity contribution in [2.24, 2.45) is 0 Å². The summed E-state index contributed by atoms with van der Waals surface area (Å²) in [6.07, 6.45) is 0. The molecule has 0 saturated carbocycles. The normalized spacial score (nSPS) is 4.00. The topological polar surface area (TPSA) is 57.5 Å². The summed E-state index contributed by atoms with van der Waals surface area (Å²) in [5.41, 5.74) is 0. The van der Waals surface area contributed by atoms with Crippen LogP contribution in [0.5, 0.6) is 0 Å². The quantitative estimate of drug-likeness (QED) is 0.335. The second-order valence-electron chi connectivity index (χ2n) is 0.283. The van der Waals surface area contributed by atoms with Gasteiger partial charge in [-0.05, 0) is 0 Å². The molecule has 0 aromatic heterocycles. The third-order valence-electron chi connectivity index (χ3n) is 0. The first-order valence-corrected chi connectivity index (χ1v) is 1.95. The molecule has 0 radical (unpaired) electrons. The molecule has 0 atom stereocenters. The first-order valence-electron chi connectivity index (χ1n) is 0.651. The van der Waals surface area contributed by atoms with Crippen LogP contribution in [-0.2, 0) is 4.46 Å². The van der Waals surface area contributed by atoms with Crippen LogP contribution < -0.4 is 0 Å². The van der Waals surface area contributed by atoms with Crippen molar-refractivity contribution in [3.63, 3.8) is 0 Å². The molecule has 2 N–H and O–H groups in total. The predicted molar refractivity (Wildman–Crippen MR) is 28.8 cm³/mol. The van der Waals surface area contributed by atoms with Crippen LogP contribution in [0.1, 0.15) is 2.85 Å². The second kappa shape index (κ2) is 9.01. The molecule has 0 spiro atoms. The van der Waals surface area contributed by atoms with Crippen molar-refractivity contribution in [1.82, 2.24) is 0 Å². The zero-order valence-corrected chi connectivity index (χ0v) is 3.51. The van der Waals surface area contributed by atoms with Crippen molar-refractivity contribution in [1.29, 1.82) is 0 Å². The molecule has 6 heteroatoms. The maximum absolute atomic E-state index is 8.74. The number of hydrogen-bond donors (Lipinski definition) is 2. The summed E-state index contributed by atoms with van der Waals surface area (Å²) in [4.78, 5) is 14.3. The minimum atomic E-state index is -3.13. The van der Waals surface area contributed by atoms with Crippen LogP contribution in [0.3, 0.4) is 0 Å². The van der Waals surface area contributed by atoms with Gasteiger partial charge in [-0.3, -0.25) is 4.46 Å². The van der Waals surface area contributed by atoms with Gasteiger partial charge in [-0.25, -0.2) is 0 Å². The monoisotopic (exact) mass is 119 g/mol. The molecule has 0 heterocycles. The molecule has 0 saturated heterocycles. The van der Waals surface area contributed by atoms with Gasteiger partial charge in [0.05, 0.1) is 0 Å². The van der Waals surface area contributed by atoms with Crippen LogP contribution in [0.2, 0.25) is 0 Å². The van der Waals surface area contributed by atoms with E-state index < -0.39 is 9.17 Å². The van der Waals surface area contributed by atoms with E-state index in [1.54, 1.807) is 0 Å². The van der Waals surface area contributed by atoms with Crippen molar-refractivity contribution >= 4 is 36.7 Å². The van der Waals surface area contributed by atoms with E-state index in [0.717, 1.165) is 0 Å². The Kier molecular flexibility index (Phi) is 24.4.